The molecule has 1 N–H and O–H groups in total. The zero-order valence-corrected chi connectivity index (χ0v) is 9.01. The number of nitrogens with zero attached hydrogens (tertiary/aromatic N) is 1. The molecule has 4 heteroatoms. The number of aryl methyl sites for hydroxylation is 1. The Morgan fingerprint density at radius 3 is 2.88 bits per heavy atom. The minimum absolute atomic E-state index is 0.151. The summed E-state index contributed by atoms with van der Waals surface area (Å²) >= 11 is 0. The third-order valence-corrected chi connectivity index (χ3v) is 2.24. The molecule has 4 nitrogen and oxygen atoms in total. The number of aliphatic hydroxyl groups excluding tert-OH is 1. The van der Waals surface area contributed by atoms with Gasteiger partial charge >= 0.3 is 6.08 Å². The quantitative estimate of drug-likeness (QED) is 0.858. The van der Waals surface area contributed by atoms with E-state index in [1.165, 1.54) is 6.26 Å². The second kappa shape index (κ2) is 4.81. The van der Waals surface area contributed by atoms with E-state index in [1.807, 2.05) is 24.3 Å². The van der Waals surface area contributed by atoms with Gasteiger partial charge in [-0.3, -0.25) is 0 Å². The van der Waals surface area contributed by atoms with E-state index in [4.69, 9.17) is 14.3 Å². The standard InChI is InChI=1S/C12H13NO3/c1-2-9-5-3-4-6-11(9)16-12-13-10(7-14)8-15-12/h3-6,8,14H,2,7H2,1H3. The summed E-state index contributed by atoms with van der Waals surface area (Å²) in [5, 5.41) is 8.84. The summed E-state index contributed by atoms with van der Waals surface area (Å²) in [6.45, 7) is 1.90. The summed E-state index contributed by atoms with van der Waals surface area (Å²) < 4.78 is 10.6. The molecule has 0 atom stereocenters. The number of aliphatic hydroxyl groups is 1. The summed E-state index contributed by atoms with van der Waals surface area (Å²) in [4.78, 5) is 3.96. The highest BCUT2D eigenvalue weighted by molar-refractivity contribution is 5.34. The van der Waals surface area contributed by atoms with Crippen LogP contribution in [0, 0.1) is 0 Å². The van der Waals surface area contributed by atoms with Crippen LogP contribution in [0.15, 0.2) is 34.9 Å². The van der Waals surface area contributed by atoms with E-state index in [-0.39, 0.29) is 12.7 Å². The van der Waals surface area contributed by atoms with Gasteiger partial charge in [0.25, 0.3) is 0 Å². The Kier molecular flexibility index (Phi) is 3.22. The predicted octanol–water partition coefficient (Wildman–Crippen LogP) is 2.52. The molecular formula is C12H13NO3. The molecule has 0 radical (unpaired) electrons. The van der Waals surface area contributed by atoms with Crippen molar-refractivity contribution in [3.8, 4) is 11.8 Å². The lowest BCUT2D eigenvalue weighted by Crippen LogP contribution is -1.90. The molecule has 16 heavy (non-hydrogen) atoms. The monoisotopic (exact) mass is 219 g/mol. The number of para-hydroxylation sites is 1. The lowest BCUT2D eigenvalue weighted by molar-refractivity contribution is 0.276. The van der Waals surface area contributed by atoms with E-state index in [9.17, 15) is 0 Å². The van der Waals surface area contributed by atoms with Crippen LogP contribution in [0.1, 0.15) is 18.2 Å². The Balaban J connectivity index is 2.19. The van der Waals surface area contributed by atoms with Crippen molar-refractivity contribution in [3.63, 3.8) is 0 Å². The fourth-order valence-electron chi connectivity index (χ4n) is 1.40. The van der Waals surface area contributed by atoms with Crippen LogP contribution in [0.5, 0.6) is 11.8 Å². The smallest absolute Gasteiger partial charge is 0.399 e. The van der Waals surface area contributed by atoms with Crippen LogP contribution < -0.4 is 4.74 Å². The molecule has 1 heterocycles. The Hall–Kier alpha value is -1.81. The predicted molar refractivity (Wildman–Crippen MR) is 58.3 cm³/mol. The molecule has 2 aromatic rings. The minimum atomic E-state index is -0.151. The highest BCUT2D eigenvalue weighted by Gasteiger charge is 2.07. The van der Waals surface area contributed by atoms with E-state index in [0.717, 1.165) is 17.7 Å². The lowest BCUT2D eigenvalue weighted by atomic mass is 10.1. The largest absolute Gasteiger partial charge is 0.417 e. The second-order valence-electron chi connectivity index (χ2n) is 3.33. The number of oxazole rings is 1. The van der Waals surface area contributed by atoms with Crippen molar-refractivity contribution in [2.75, 3.05) is 0 Å². The molecule has 1 aromatic heterocycles. The SMILES string of the molecule is CCc1ccccc1Oc1nc(CO)co1. The number of rotatable bonds is 4. The average Bonchev–Trinajstić information content (AvgIpc) is 2.77. The first-order valence-corrected chi connectivity index (χ1v) is 5.14. The summed E-state index contributed by atoms with van der Waals surface area (Å²) in [7, 11) is 0. The Bertz CT molecular complexity index is 465. The van der Waals surface area contributed by atoms with E-state index < -0.39 is 0 Å². The average molecular weight is 219 g/mol. The molecular weight excluding hydrogens is 206 g/mol. The highest BCUT2D eigenvalue weighted by atomic mass is 16.6. The molecule has 0 saturated carbocycles. The van der Waals surface area contributed by atoms with Gasteiger partial charge in [0.15, 0.2) is 0 Å². The third kappa shape index (κ3) is 2.23. The van der Waals surface area contributed by atoms with E-state index in [1.54, 1.807) is 0 Å². The molecule has 0 unspecified atom stereocenters. The first-order chi connectivity index (χ1) is 7.83. The zero-order chi connectivity index (χ0) is 11.4. The molecule has 0 aliphatic carbocycles. The minimum Gasteiger partial charge on any atom is -0.417 e. The van der Waals surface area contributed by atoms with Crippen LogP contribution in [-0.4, -0.2) is 10.1 Å². The molecule has 0 bridgehead atoms. The van der Waals surface area contributed by atoms with Crippen LogP contribution in [0.2, 0.25) is 0 Å². The van der Waals surface area contributed by atoms with E-state index >= 15 is 0 Å². The number of hydrogen-bond donors (Lipinski definition) is 1. The molecule has 0 amide bonds. The number of benzene rings is 1. The third-order valence-electron chi connectivity index (χ3n) is 2.24. The maximum Gasteiger partial charge on any atom is 0.399 e. The Morgan fingerprint density at radius 2 is 2.19 bits per heavy atom. The van der Waals surface area contributed by atoms with Crippen LogP contribution in [-0.2, 0) is 13.0 Å². The maximum atomic E-state index is 8.84. The van der Waals surface area contributed by atoms with Gasteiger partial charge in [-0.2, -0.15) is 4.98 Å². The maximum absolute atomic E-state index is 8.84. The summed E-state index contributed by atoms with van der Waals surface area (Å²) in [5.41, 5.74) is 1.55. The molecule has 1 aromatic carbocycles. The highest BCUT2D eigenvalue weighted by Crippen LogP contribution is 2.24. The van der Waals surface area contributed by atoms with Crippen LogP contribution in [0.4, 0.5) is 0 Å². The fraction of sp³-hybridized carbons (Fsp3) is 0.250. The lowest BCUT2D eigenvalue weighted by Gasteiger charge is -2.05. The van der Waals surface area contributed by atoms with E-state index in [0.29, 0.717) is 5.69 Å². The fourth-order valence-corrected chi connectivity index (χ4v) is 1.40. The van der Waals surface area contributed by atoms with Crippen molar-refractivity contribution in [3.05, 3.63) is 41.8 Å². The van der Waals surface area contributed by atoms with Gasteiger partial charge in [0, 0.05) is 0 Å². The molecule has 0 saturated heterocycles. The molecule has 0 fully saturated rings. The van der Waals surface area contributed by atoms with Gasteiger partial charge in [0.2, 0.25) is 0 Å². The Morgan fingerprint density at radius 1 is 1.38 bits per heavy atom. The second-order valence-corrected chi connectivity index (χ2v) is 3.33. The Labute approximate surface area is 93.5 Å². The van der Waals surface area contributed by atoms with Crippen molar-refractivity contribution in [2.45, 2.75) is 20.0 Å². The van der Waals surface area contributed by atoms with Gasteiger partial charge in [0.05, 0.1) is 6.61 Å². The van der Waals surface area contributed by atoms with Crippen LogP contribution in [0.25, 0.3) is 0 Å². The topological polar surface area (TPSA) is 55.5 Å². The van der Waals surface area contributed by atoms with Gasteiger partial charge in [0.1, 0.15) is 17.7 Å². The zero-order valence-electron chi connectivity index (χ0n) is 9.01. The van der Waals surface area contributed by atoms with Gasteiger partial charge in [-0.05, 0) is 18.1 Å². The molecule has 0 spiro atoms. The first-order valence-electron chi connectivity index (χ1n) is 5.14. The number of aromatic nitrogens is 1. The molecule has 84 valence electrons. The van der Waals surface area contributed by atoms with E-state index in [2.05, 4.69) is 11.9 Å². The normalized spacial score (nSPS) is 10.4. The van der Waals surface area contributed by atoms with Crippen LogP contribution in [0.3, 0.4) is 0 Å². The summed E-state index contributed by atoms with van der Waals surface area (Å²) in [6.07, 6.45) is 2.41. The van der Waals surface area contributed by atoms with Crippen molar-refractivity contribution in [2.24, 2.45) is 0 Å². The summed E-state index contributed by atoms with van der Waals surface area (Å²) in [5.74, 6) is 0.733. The van der Waals surface area contributed by atoms with Gasteiger partial charge in [-0.25, -0.2) is 0 Å². The van der Waals surface area contributed by atoms with Crippen molar-refractivity contribution in [1.29, 1.82) is 0 Å². The van der Waals surface area contributed by atoms with Gasteiger partial charge in [-0.1, -0.05) is 25.1 Å². The number of ether oxygens (including phenoxy) is 1. The first kappa shape index (κ1) is 10.7. The summed E-state index contributed by atoms with van der Waals surface area (Å²) in [6, 6.07) is 7.71. The molecule has 0 aliphatic rings. The number of hydrogen-bond acceptors (Lipinski definition) is 4. The van der Waals surface area contributed by atoms with Gasteiger partial charge in [-0.15, -0.1) is 0 Å². The van der Waals surface area contributed by atoms with Gasteiger partial charge < -0.3 is 14.3 Å². The van der Waals surface area contributed by atoms with Crippen molar-refractivity contribution < 1.29 is 14.3 Å². The van der Waals surface area contributed by atoms with Crippen molar-refractivity contribution >= 4 is 0 Å². The molecule has 0 aliphatic heterocycles. The van der Waals surface area contributed by atoms with Crippen molar-refractivity contribution in [1.82, 2.24) is 4.98 Å². The van der Waals surface area contributed by atoms with Crippen LogP contribution >= 0.6 is 0 Å². The molecule has 2 rings (SSSR count).